The molecule has 0 bridgehead atoms. The molecule has 0 unspecified atom stereocenters. The second kappa shape index (κ2) is 25.1. The van der Waals surface area contributed by atoms with Crippen LogP contribution >= 0.6 is 0 Å². The summed E-state index contributed by atoms with van der Waals surface area (Å²) in [6, 6.07) is 117. The normalized spacial score (nSPS) is 11.8. The zero-order chi connectivity index (χ0) is 69.4. The lowest BCUT2D eigenvalue weighted by Gasteiger charge is -2.18. The summed E-state index contributed by atoms with van der Waals surface area (Å²) in [5.41, 5.74) is 24.1. The van der Waals surface area contributed by atoms with E-state index >= 15 is 0 Å². The van der Waals surface area contributed by atoms with Crippen molar-refractivity contribution in [2.45, 2.75) is 26.2 Å². The molecule has 11 heteroatoms. The SMILES string of the molecule is CC(C)(C)c1ccc(-c2n[n+](-c3ccc4nc(-c5cc(-c6nc7ccccc7n6-c6ccccc6)cc(-c6nc7ccccc7n6-c6cccc(-[n+]7ccc(-c8ccccc8)c8ccc9c(-c%10ccccc%10)ccnc9c87)c6)c5)n(-c5ccccc5)c4c3)c(-c3ccc(-c4ccccc4)cc3)o2)cc1. The van der Waals surface area contributed by atoms with Crippen molar-refractivity contribution in [3.8, 4) is 119 Å². The average molecular weight is 1340 g/mol. The molecule has 11 nitrogen and oxygen atoms in total. The fourth-order valence-corrected chi connectivity index (χ4v) is 14.8. The third-order valence-electron chi connectivity index (χ3n) is 19.9. The Morgan fingerprint density at radius 1 is 0.337 bits per heavy atom. The van der Waals surface area contributed by atoms with E-state index in [1.807, 2.05) is 16.9 Å². The first-order valence-electron chi connectivity index (χ1n) is 35.1. The summed E-state index contributed by atoms with van der Waals surface area (Å²) in [5, 5.41) is 7.50. The zero-order valence-electron chi connectivity index (χ0n) is 57.3. The number of nitrogens with zero attached hydrogens (tertiary/aromatic N) is 10. The number of pyridine rings is 2. The number of hydrogen-bond acceptors (Lipinski definition) is 6. The van der Waals surface area contributed by atoms with Gasteiger partial charge in [-0.15, -0.1) is 0 Å². The summed E-state index contributed by atoms with van der Waals surface area (Å²) in [4.78, 5) is 22.1. The lowest BCUT2D eigenvalue weighted by atomic mass is 9.87. The quantitative estimate of drug-likeness (QED) is 0.0842. The van der Waals surface area contributed by atoms with Crippen LogP contribution in [0.3, 0.4) is 0 Å². The number of imidazole rings is 3. The standard InChI is InChI=1S/C93H66N10O/c1-93(2,3)70-46-44-65(45-47-70)91-98-103(92(104-91)66-42-40-62(41-43-66)61-24-9-4-10-25-61)75-48-51-82-85(60-75)101(72-32-17-8-18-33-72)89(97-82)68-56-67(88-95-80-36-19-21-38-83(80)100(88)71-30-15-7-16-31-71)57-69(58-68)90-96-81-37-20-22-39-84(81)102(90)74-35-23-34-73(59-74)99-55-53-77(64-28-13-6-14-29-64)79-50-49-78-76(63-26-11-5-12-27-63)52-54-94-86(78)87(79)99/h4-60H,1-3H3/q+2. The number of para-hydroxylation sites is 6. The van der Waals surface area contributed by atoms with E-state index in [9.17, 15) is 0 Å². The van der Waals surface area contributed by atoms with Crippen molar-refractivity contribution in [1.29, 1.82) is 0 Å². The topological polar surface area (TPSA) is 100 Å². The van der Waals surface area contributed by atoms with Crippen LogP contribution < -0.4 is 9.25 Å². The molecule has 6 aromatic heterocycles. The molecule has 0 saturated heterocycles. The van der Waals surface area contributed by atoms with E-state index in [1.165, 1.54) is 5.56 Å². The summed E-state index contributed by atoms with van der Waals surface area (Å²) in [6.45, 7) is 6.68. The minimum absolute atomic E-state index is 0.0279. The van der Waals surface area contributed by atoms with Crippen LogP contribution in [-0.2, 0) is 5.41 Å². The largest absolute Gasteiger partial charge is 0.414 e. The van der Waals surface area contributed by atoms with Crippen molar-refractivity contribution in [1.82, 2.24) is 38.7 Å². The van der Waals surface area contributed by atoms with Crippen molar-refractivity contribution in [2.24, 2.45) is 0 Å². The van der Waals surface area contributed by atoms with Gasteiger partial charge in [0.25, 0.3) is 5.89 Å². The van der Waals surface area contributed by atoms with E-state index in [4.69, 9.17) is 29.5 Å². The van der Waals surface area contributed by atoms with Crippen LogP contribution in [0.15, 0.2) is 350 Å². The Morgan fingerprint density at radius 3 is 1.39 bits per heavy atom. The van der Waals surface area contributed by atoms with Crippen LogP contribution in [-0.4, -0.2) is 38.7 Å². The van der Waals surface area contributed by atoms with Crippen LogP contribution in [0.25, 0.3) is 174 Å². The highest BCUT2D eigenvalue weighted by atomic mass is 16.4. The van der Waals surface area contributed by atoms with Crippen LogP contribution in [0.4, 0.5) is 0 Å². The maximum atomic E-state index is 6.96. The summed E-state index contributed by atoms with van der Waals surface area (Å²) in [7, 11) is 0. The van der Waals surface area contributed by atoms with Crippen molar-refractivity contribution < 1.29 is 13.7 Å². The highest BCUT2D eigenvalue weighted by molar-refractivity contribution is 6.10. The van der Waals surface area contributed by atoms with Gasteiger partial charge in [-0.1, -0.05) is 209 Å². The van der Waals surface area contributed by atoms with Crippen molar-refractivity contribution in [3.05, 3.63) is 352 Å². The smallest absolute Gasteiger partial charge is 0.377 e. The molecular formula is C93H66N10O+2. The van der Waals surface area contributed by atoms with E-state index in [1.54, 1.807) is 0 Å². The zero-order valence-corrected chi connectivity index (χ0v) is 57.3. The minimum Gasteiger partial charge on any atom is -0.377 e. The molecule has 0 atom stereocenters. The third-order valence-corrected chi connectivity index (χ3v) is 19.9. The van der Waals surface area contributed by atoms with Crippen molar-refractivity contribution in [2.75, 3.05) is 0 Å². The van der Waals surface area contributed by atoms with E-state index in [2.05, 4.69) is 373 Å². The molecule has 0 fully saturated rings. The van der Waals surface area contributed by atoms with Gasteiger partial charge in [-0.25, -0.2) is 19.9 Å². The Balaban J connectivity index is 0.822. The first-order chi connectivity index (χ1) is 51.2. The lowest BCUT2D eigenvalue weighted by Crippen LogP contribution is -2.34. The molecular weight excluding hydrogens is 1270 g/mol. The number of rotatable bonds is 13. The summed E-state index contributed by atoms with van der Waals surface area (Å²) in [5.74, 6) is 3.32. The summed E-state index contributed by atoms with van der Waals surface area (Å²) >= 11 is 0. The Kier molecular flexibility index (Phi) is 14.8. The first kappa shape index (κ1) is 61.3. The molecule has 0 N–H and O–H groups in total. The molecule has 0 saturated carbocycles. The van der Waals surface area contributed by atoms with Crippen LogP contribution in [0.1, 0.15) is 26.3 Å². The Bertz CT molecular complexity index is 6470. The third kappa shape index (κ3) is 10.8. The van der Waals surface area contributed by atoms with Gasteiger partial charge in [-0.3, -0.25) is 13.7 Å². The van der Waals surface area contributed by atoms with Gasteiger partial charge in [0.1, 0.15) is 23.0 Å². The number of hydrogen-bond donors (Lipinski definition) is 0. The maximum absolute atomic E-state index is 6.96. The molecule has 6 heterocycles. The van der Waals surface area contributed by atoms with Crippen molar-refractivity contribution in [3.63, 3.8) is 0 Å². The minimum atomic E-state index is -0.0279. The molecule has 0 aliphatic rings. The molecule has 0 radical (unpaired) electrons. The predicted octanol–water partition coefficient (Wildman–Crippen LogP) is 21.6. The van der Waals surface area contributed by atoms with Gasteiger partial charge in [0.05, 0.1) is 49.7 Å². The van der Waals surface area contributed by atoms with Gasteiger partial charge in [0, 0.05) is 86.2 Å². The maximum Gasteiger partial charge on any atom is 0.414 e. The van der Waals surface area contributed by atoms with Gasteiger partial charge in [-0.2, -0.15) is 4.57 Å². The molecule has 0 spiro atoms. The monoisotopic (exact) mass is 1340 g/mol. The summed E-state index contributed by atoms with van der Waals surface area (Å²) < 4.78 is 18.0. The van der Waals surface area contributed by atoms with Gasteiger partial charge >= 0.3 is 5.89 Å². The predicted molar refractivity (Wildman–Crippen MR) is 418 cm³/mol. The molecule has 13 aromatic carbocycles. The summed E-state index contributed by atoms with van der Waals surface area (Å²) in [6.07, 6.45) is 4.14. The highest BCUT2D eigenvalue weighted by Crippen LogP contribution is 2.42. The molecule has 19 aromatic rings. The molecule has 0 aliphatic heterocycles. The number of fused-ring (bicyclic) bond motifs is 6. The van der Waals surface area contributed by atoms with Crippen LogP contribution in [0, 0.1) is 0 Å². The van der Waals surface area contributed by atoms with Crippen LogP contribution in [0.2, 0.25) is 0 Å². The van der Waals surface area contributed by atoms with Gasteiger partial charge in [-0.05, 0) is 159 Å². The first-order valence-corrected chi connectivity index (χ1v) is 35.1. The average Bonchev–Trinajstić information content (AvgIpc) is 1.41. The van der Waals surface area contributed by atoms with E-state index in [-0.39, 0.29) is 5.41 Å². The molecule has 0 amide bonds. The number of aromatic nitrogens is 10. The van der Waals surface area contributed by atoms with Gasteiger partial charge in [0.2, 0.25) is 16.9 Å². The molecule has 0 aliphatic carbocycles. The number of benzene rings is 13. The Morgan fingerprint density at radius 2 is 0.808 bits per heavy atom. The highest BCUT2D eigenvalue weighted by Gasteiger charge is 2.31. The Labute approximate surface area is 600 Å². The second-order valence-electron chi connectivity index (χ2n) is 27.4. The van der Waals surface area contributed by atoms with Gasteiger partial charge < -0.3 is 4.42 Å². The molecule has 19 rings (SSSR count). The molecule has 492 valence electrons. The van der Waals surface area contributed by atoms with E-state index in [0.717, 1.165) is 162 Å². The fraction of sp³-hybridized carbons (Fsp3) is 0.0430. The fourth-order valence-electron chi connectivity index (χ4n) is 14.8. The lowest BCUT2D eigenvalue weighted by molar-refractivity contribution is -0.647. The van der Waals surface area contributed by atoms with Gasteiger partial charge in [0.15, 0.2) is 6.20 Å². The van der Waals surface area contributed by atoms with Crippen LogP contribution in [0.5, 0.6) is 0 Å². The van der Waals surface area contributed by atoms with E-state index < -0.39 is 0 Å². The molecule has 104 heavy (non-hydrogen) atoms. The van der Waals surface area contributed by atoms with Crippen molar-refractivity contribution >= 4 is 54.9 Å². The second-order valence-corrected chi connectivity index (χ2v) is 27.4. The Hall–Kier alpha value is -13.8. The van der Waals surface area contributed by atoms with E-state index in [0.29, 0.717) is 11.8 Å².